The van der Waals surface area contributed by atoms with Gasteiger partial charge in [0.2, 0.25) is 0 Å². The van der Waals surface area contributed by atoms with Crippen molar-refractivity contribution >= 4 is 17.6 Å². The van der Waals surface area contributed by atoms with E-state index >= 15 is 0 Å². The molecular weight excluding hydrogens is 718 g/mol. The van der Waals surface area contributed by atoms with Crippen LogP contribution in [-0.2, 0) is 24.3 Å². The van der Waals surface area contributed by atoms with Crippen molar-refractivity contribution in [3.05, 3.63) is 131 Å². The van der Waals surface area contributed by atoms with E-state index in [2.05, 4.69) is 20.8 Å². The summed E-state index contributed by atoms with van der Waals surface area (Å²) < 4.78 is 3.01. The van der Waals surface area contributed by atoms with Gasteiger partial charge in [-0.05, 0) is 29.8 Å². The number of nitriles is 2. The number of hydrogen-bond acceptors (Lipinski definition) is 10. The van der Waals surface area contributed by atoms with Crippen LogP contribution < -0.4 is 52.5 Å². The molecule has 3 aromatic carbocycles. The monoisotopic (exact) mass is 782 g/mol. The third-order valence-electron chi connectivity index (χ3n) is 5.63. The zero-order valence-corrected chi connectivity index (χ0v) is 33.8. The number of nitrogens with zero attached hydrogens (tertiary/aromatic N) is 7. The molecule has 5 aromatic rings. The van der Waals surface area contributed by atoms with Crippen LogP contribution in [0.4, 0.5) is 11.6 Å². The molecule has 0 radical (unpaired) electrons. The number of hydrogen-bond donors (Lipinski definition) is 5. The number of carboxylic acids is 1. The molecule has 56 heavy (non-hydrogen) atoms. The summed E-state index contributed by atoms with van der Waals surface area (Å²) in [4.78, 5) is 13.8. The molecule has 0 saturated carbocycles. The van der Waals surface area contributed by atoms with Crippen molar-refractivity contribution in [1.82, 2.24) is 19.6 Å². The predicted molar refractivity (Wildman–Crippen MR) is 227 cm³/mol. The van der Waals surface area contributed by atoms with E-state index in [4.69, 9.17) is 39.4 Å². The third-order valence-corrected chi connectivity index (χ3v) is 5.63. The number of anilines is 2. The molecule has 10 N–H and O–H groups in total. The number of nitrogens with two attached hydrogens (primary N) is 4. The second-order valence-corrected chi connectivity index (χ2v) is 8.81. The van der Waals surface area contributed by atoms with Crippen LogP contribution in [-0.4, -0.2) is 42.7 Å². The molecule has 0 unspecified atom stereocenters. The Kier molecular flexibility index (Phi) is 49.3. The van der Waals surface area contributed by atoms with Gasteiger partial charge < -0.3 is 38.4 Å². The minimum atomic E-state index is -0.919. The van der Waals surface area contributed by atoms with Gasteiger partial charge in [0.1, 0.15) is 23.3 Å². The summed E-state index contributed by atoms with van der Waals surface area (Å²) in [6.07, 6.45) is -0.121. The average molecular weight is 782 g/mol. The summed E-state index contributed by atoms with van der Waals surface area (Å²) in [5.41, 5.74) is 25.6. The van der Waals surface area contributed by atoms with Crippen molar-refractivity contribution in [2.45, 2.75) is 83.3 Å². The second kappa shape index (κ2) is 42.2. The molecule has 0 bridgehead atoms. The number of benzene rings is 3. The van der Waals surface area contributed by atoms with Gasteiger partial charge in [0.25, 0.3) is 6.54 Å². The maximum absolute atomic E-state index is 10.5. The summed E-state index contributed by atoms with van der Waals surface area (Å²) in [5, 5.41) is 33.5. The van der Waals surface area contributed by atoms with Gasteiger partial charge >= 0.3 is 35.5 Å². The molecule has 0 aliphatic carbocycles. The van der Waals surface area contributed by atoms with Gasteiger partial charge in [-0.2, -0.15) is 20.7 Å². The van der Waals surface area contributed by atoms with E-state index in [-0.39, 0.29) is 88.2 Å². The van der Waals surface area contributed by atoms with Crippen molar-refractivity contribution in [2.75, 3.05) is 18.0 Å². The molecule has 5 rings (SSSR count). The van der Waals surface area contributed by atoms with Crippen molar-refractivity contribution in [3.63, 3.8) is 0 Å². The molecule has 302 valence electrons. The van der Waals surface area contributed by atoms with E-state index in [1.807, 2.05) is 139 Å². The Morgan fingerprint density at radius 1 is 0.786 bits per heavy atom. The van der Waals surface area contributed by atoms with Crippen molar-refractivity contribution in [2.24, 2.45) is 11.5 Å². The molecule has 0 aliphatic heterocycles. The van der Waals surface area contributed by atoms with Gasteiger partial charge in [0, 0.05) is 12.6 Å². The Labute approximate surface area is 358 Å². The number of rotatable bonds is 6. The average Bonchev–Trinajstić information content (AvgIpc) is 3.72. The van der Waals surface area contributed by atoms with Crippen LogP contribution >= 0.6 is 0 Å². The molecule has 0 saturated heterocycles. The van der Waals surface area contributed by atoms with Crippen LogP contribution in [0, 0.1) is 29.2 Å². The van der Waals surface area contributed by atoms with Crippen LogP contribution in [0.1, 0.15) is 86.3 Å². The summed E-state index contributed by atoms with van der Waals surface area (Å²) in [6, 6.07) is 33.9. The maximum atomic E-state index is 10.5. The second-order valence-electron chi connectivity index (χ2n) is 8.81. The zero-order chi connectivity index (χ0) is 39.0. The van der Waals surface area contributed by atoms with Crippen molar-refractivity contribution < 1.29 is 44.9 Å². The minimum Gasteiger partial charge on any atom is -0.870 e. The first-order chi connectivity index (χ1) is 24.8. The Morgan fingerprint density at radius 2 is 1.20 bits per heavy atom. The van der Waals surface area contributed by atoms with Gasteiger partial charge in [-0.15, -0.1) is 0 Å². The normalized spacial score (nSPS) is 7.80. The minimum absolute atomic E-state index is 0. The molecule has 0 amide bonds. The van der Waals surface area contributed by atoms with Gasteiger partial charge in [-0.1, -0.05) is 131 Å². The smallest absolute Gasteiger partial charge is 0.870 e. The third kappa shape index (κ3) is 24.7. The molecule has 15 heteroatoms. The van der Waals surface area contributed by atoms with Crippen LogP contribution in [0.25, 0.3) is 16.2 Å². The Morgan fingerprint density at radius 3 is 1.54 bits per heavy atom. The molecule has 0 aliphatic rings. The number of aromatic nitrogens is 4. The van der Waals surface area contributed by atoms with Crippen LogP contribution in [0.2, 0.25) is 0 Å². The molecule has 2 heterocycles. The fourth-order valence-electron chi connectivity index (χ4n) is 3.63. The fourth-order valence-corrected chi connectivity index (χ4v) is 3.63. The van der Waals surface area contributed by atoms with Crippen molar-refractivity contribution in [1.29, 1.82) is 10.5 Å². The number of carbonyl (C=O) groups is 1. The van der Waals surface area contributed by atoms with Gasteiger partial charge in [0.15, 0.2) is 5.69 Å². The van der Waals surface area contributed by atoms with Gasteiger partial charge in [-0.25, -0.2) is 15.9 Å². The SMILES string of the molecule is C.C.C.CC.CC.CC.N#CCN.NCc1ccccc1.Nc1cc(CC(=O)O)nn1-c1ccccc1.[C-]#[N+]Cc1nn(-c2ccccc2)c(N)c1C#N.[Na+].[OH-]. The molecule has 2 aromatic heterocycles. The first-order valence-corrected chi connectivity index (χ1v) is 16.4. The standard InChI is InChI=1S/C12H9N5.C11H11N3O2.C7H9N.C2H4N2.3C2H6.3CH4.Na.H2O/c1-15-8-11-10(7-13)12(14)17(16-11)9-5-3-2-4-6-9;12-10-6-8(7-11(15)16)13-14(10)9-4-2-1-3-5-9;8-6-7-4-2-1-3-5-7;3-1-2-4;3*1-2;;;;;/h2-6H,8,14H2;1-6H,7,12H2,(H,15,16);1-5H,6,8H2;1,3H2;3*1-2H3;3*1H4;;1H2/q;;;;;;;;;;+1;/p-1. The molecule has 14 nitrogen and oxygen atoms in total. The number of carboxylic acid groups (broad SMARTS) is 1. The Balaban J connectivity index is -0.000000114. The number of para-hydroxylation sites is 2. The largest absolute Gasteiger partial charge is 1.00 e. The van der Waals surface area contributed by atoms with E-state index in [0.29, 0.717) is 23.8 Å². The molecule has 0 atom stereocenters. The zero-order valence-electron chi connectivity index (χ0n) is 31.8. The van der Waals surface area contributed by atoms with E-state index in [9.17, 15) is 4.79 Å². The Bertz CT molecular complexity index is 1760. The predicted octanol–water partition coefficient (Wildman–Crippen LogP) is 5.26. The molecule has 0 fully saturated rings. The topological polar surface area (TPSA) is 259 Å². The molecular formula is C41H64N11NaO3. The number of aliphatic carboxylic acids is 1. The maximum Gasteiger partial charge on any atom is 1.00 e. The van der Waals surface area contributed by atoms with Crippen molar-refractivity contribution in [3.8, 4) is 23.5 Å². The summed E-state index contributed by atoms with van der Waals surface area (Å²) in [7, 11) is 0. The summed E-state index contributed by atoms with van der Waals surface area (Å²) in [5.74, 6) is -0.211. The summed E-state index contributed by atoms with van der Waals surface area (Å²) >= 11 is 0. The van der Waals surface area contributed by atoms with Gasteiger partial charge in [0.05, 0.1) is 36.1 Å². The first-order valence-electron chi connectivity index (χ1n) is 16.4. The van der Waals surface area contributed by atoms with E-state index in [0.717, 1.165) is 11.4 Å². The van der Waals surface area contributed by atoms with E-state index in [1.54, 1.807) is 12.1 Å². The van der Waals surface area contributed by atoms with Crippen LogP contribution in [0.3, 0.4) is 0 Å². The van der Waals surface area contributed by atoms with Crippen LogP contribution in [0.15, 0.2) is 97.1 Å². The Hall–Kier alpha value is -5.50. The quantitative estimate of drug-likeness (QED) is 0.0844. The van der Waals surface area contributed by atoms with E-state index in [1.165, 1.54) is 14.9 Å². The first kappa shape index (κ1) is 65.4. The van der Waals surface area contributed by atoms with E-state index < -0.39 is 5.97 Å². The fraction of sp³-hybridized carbons (Fsp3) is 0.317. The number of nitrogen functional groups attached to an aromatic ring is 2. The summed E-state index contributed by atoms with van der Waals surface area (Å²) in [6.45, 7) is 19.6. The van der Waals surface area contributed by atoms with Gasteiger partial charge in [-0.3, -0.25) is 4.79 Å². The van der Waals surface area contributed by atoms with Crippen LogP contribution in [0.5, 0.6) is 0 Å². The molecule has 0 spiro atoms.